The Balaban J connectivity index is 1.28. The fourth-order valence-corrected chi connectivity index (χ4v) is 6.70. The van der Waals surface area contributed by atoms with Crippen LogP contribution in [0.25, 0.3) is 10.8 Å². The molecule has 4 heterocycles. The van der Waals surface area contributed by atoms with Crippen molar-refractivity contribution in [2.45, 2.75) is 51.7 Å². The average molecular weight is 560 g/mol. The summed E-state index contributed by atoms with van der Waals surface area (Å²) in [5.74, 6) is 1.40. The van der Waals surface area contributed by atoms with E-state index in [9.17, 15) is 0 Å². The normalized spacial score (nSPS) is 19.6. The van der Waals surface area contributed by atoms with Gasteiger partial charge in [0.25, 0.3) is 0 Å². The predicted molar refractivity (Wildman–Crippen MR) is 160 cm³/mol. The van der Waals surface area contributed by atoms with Gasteiger partial charge in [-0.3, -0.25) is 4.90 Å². The van der Waals surface area contributed by atoms with Gasteiger partial charge in [-0.1, -0.05) is 35.9 Å². The van der Waals surface area contributed by atoms with Crippen LogP contribution in [-0.2, 0) is 13.0 Å². The molecule has 0 bridgehead atoms. The van der Waals surface area contributed by atoms with Crippen molar-refractivity contribution in [3.63, 3.8) is 0 Å². The molecule has 0 radical (unpaired) electrons. The molecular formula is C31H38ClN7O. The number of anilines is 2. The first kappa shape index (κ1) is 26.9. The Morgan fingerprint density at radius 3 is 2.60 bits per heavy atom. The highest BCUT2D eigenvalue weighted by Crippen LogP contribution is 2.37. The summed E-state index contributed by atoms with van der Waals surface area (Å²) >= 11 is 6.69. The van der Waals surface area contributed by atoms with Crippen LogP contribution in [0.4, 0.5) is 11.5 Å². The summed E-state index contributed by atoms with van der Waals surface area (Å²) in [4.78, 5) is 18.9. The van der Waals surface area contributed by atoms with Crippen LogP contribution in [0.5, 0.6) is 6.01 Å². The van der Waals surface area contributed by atoms with E-state index in [-0.39, 0.29) is 5.54 Å². The van der Waals surface area contributed by atoms with Crippen molar-refractivity contribution in [3.8, 4) is 12.2 Å². The van der Waals surface area contributed by atoms with E-state index in [2.05, 4.69) is 73.0 Å². The van der Waals surface area contributed by atoms with Gasteiger partial charge in [-0.05, 0) is 51.1 Å². The second-order valence-corrected chi connectivity index (χ2v) is 12.8. The molecule has 3 aromatic rings. The van der Waals surface area contributed by atoms with Crippen molar-refractivity contribution in [2.24, 2.45) is 5.92 Å². The van der Waals surface area contributed by atoms with Gasteiger partial charge in [0.2, 0.25) is 0 Å². The highest BCUT2D eigenvalue weighted by Gasteiger charge is 2.37. The molecule has 0 N–H and O–H groups in total. The number of nitrogens with zero attached hydrogens (tertiary/aromatic N) is 7. The molecule has 0 saturated carbocycles. The minimum absolute atomic E-state index is 0.120. The zero-order valence-corrected chi connectivity index (χ0v) is 24.7. The van der Waals surface area contributed by atoms with Gasteiger partial charge in [-0.15, -0.1) is 0 Å². The van der Waals surface area contributed by atoms with Gasteiger partial charge < -0.3 is 19.4 Å². The number of ether oxygens (including phenoxy) is 1. The maximum absolute atomic E-state index is 9.16. The van der Waals surface area contributed by atoms with Crippen LogP contribution < -0.4 is 14.5 Å². The fourth-order valence-electron chi connectivity index (χ4n) is 6.42. The first-order chi connectivity index (χ1) is 19.2. The smallest absolute Gasteiger partial charge is 0.318 e. The number of hydrogen-bond acceptors (Lipinski definition) is 8. The van der Waals surface area contributed by atoms with Crippen LogP contribution >= 0.6 is 11.6 Å². The molecule has 1 atom stereocenters. The summed E-state index contributed by atoms with van der Waals surface area (Å²) < 4.78 is 6.32. The molecule has 6 rings (SSSR count). The summed E-state index contributed by atoms with van der Waals surface area (Å²) in [6.45, 7) is 12.4. The summed E-state index contributed by atoms with van der Waals surface area (Å²) in [6.07, 6.45) is 4.21. The Morgan fingerprint density at radius 1 is 1.12 bits per heavy atom. The number of nitriles is 1. The third-order valence-corrected chi connectivity index (χ3v) is 8.91. The topological polar surface area (TPSA) is 71.8 Å². The maximum atomic E-state index is 9.16. The van der Waals surface area contributed by atoms with Gasteiger partial charge >= 0.3 is 6.01 Å². The molecule has 0 spiro atoms. The Kier molecular flexibility index (Phi) is 7.14. The molecule has 0 aliphatic carbocycles. The Hall–Kier alpha value is -3.28. The highest BCUT2D eigenvalue weighted by atomic mass is 35.5. The number of likely N-dealkylation sites (tertiary alicyclic amines) is 2. The lowest BCUT2D eigenvalue weighted by Gasteiger charge is -2.49. The van der Waals surface area contributed by atoms with Crippen molar-refractivity contribution < 1.29 is 4.74 Å². The van der Waals surface area contributed by atoms with Crippen molar-refractivity contribution in [3.05, 3.63) is 52.7 Å². The predicted octanol–water partition coefficient (Wildman–Crippen LogP) is 4.95. The number of benzene rings is 2. The van der Waals surface area contributed by atoms with Crippen molar-refractivity contribution in [1.82, 2.24) is 19.8 Å². The van der Waals surface area contributed by atoms with Gasteiger partial charge in [0, 0.05) is 73.9 Å². The summed E-state index contributed by atoms with van der Waals surface area (Å²) in [5, 5.41) is 12.1. The van der Waals surface area contributed by atoms with Crippen LogP contribution in [-0.4, -0.2) is 77.7 Å². The lowest BCUT2D eigenvalue weighted by Crippen LogP contribution is -2.59. The monoisotopic (exact) mass is 559 g/mol. The van der Waals surface area contributed by atoms with Crippen molar-refractivity contribution in [1.29, 1.82) is 5.26 Å². The molecule has 40 heavy (non-hydrogen) atoms. The minimum atomic E-state index is 0.120. The van der Waals surface area contributed by atoms with E-state index in [1.54, 1.807) is 4.90 Å². The quantitative estimate of drug-likeness (QED) is 0.377. The van der Waals surface area contributed by atoms with Gasteiger partial charge in [-0.2, -0.15) is 15.2 Å². The second-order valence-electron chi connectivity index (χ2n) is 12.4. The highest BCUT2D eigenvalue weighted by molar-refractivity contribution is 6.36. The van der Waals surface area contributed by atoms with Gasteiger partial charge in [0.1, 0.15) is 12.4 Å². The van der Waals surface area contributed by atoms with E-state index in [1.165, 1.54) is 5.56 Å². The number of rotatable bonds is 7. The molecule has 2 aromatic carbocycles. The van der Waals surface area contributed by atoms with Crippen LogP contribution in [0.15, 0.2) is 36.4 Å². The molecule has 1 unspecified atom stereocenters. The summed E-state index contributed by atoms with van der Waals surface area (Å²) in [6, 6.07) is 13.3. The van der Waals surface area contributed by atoms with E-state index in [0.717, 1.165) is 78.6 Å². The third kappa shape index (κ3) is 5.13. The molecule has 9 heteroatoms. The molecule has 8 nitrogen and oxygen atoms in total. The average Bonchev–Trinajstić information content (AvgIpc) is 2.88. The molecule has 0 amide bonds. The summed E-state index contributed by atoms with van der Waals surface area (Å²) in [7, 11) is 2.10. The lowest BCUT2D eigenvalue weighted by molar-refractivity contribution is -0.0224. The SMILES string of the molecule is CN(CC1CN(C#N)C1)c1nc(OCC2CCN2C(C)(C)C)nc2c1CCN(c1cccc3cccc(Cl)c13)C2. The molecule has 2 saturated heterocycles. The Bertz CT molecular complexity index is 1440. The molecular weight excluding hydrogens is 522 g/mol. The fraction of sp³-hybridized carbons (Fsp3) is 0.516. The molecule has 210 valence electrons. The first-order valence-corrected chi connectivity index (χ1v) is 14.7. The maximum Gasteiger partial charge on any atom is 0.318 e. The van der Waals surface area contributed by atoms with E-state index >= 15 is 0 Å². The summed E-state index contributed by atoms with van der Waals surface area (Å²) in [5.41, 5.74) is 3.45. The zero-order chi connectivity index (χ0) is 28.0. The number of hydrogen-bond donors (Lipinski definition) is 0. The van der Waals surface area contributed by atoms with E-state index in [4.69, 9.17) is 31.6 Å². The van der Waals surface area contributed by atoms with E-state index in [0.29, 0.717) is 31.1 Å². The third-order valence-electron chi connectivity index (χ3n) is 8.60. The van der Waals surface area contributed by atoms with E-state index in [1.807, 2.05) is 12.1 Å². The van der Waals surface area contributed by atoms with Crippen LogP contribution in [0.3, 0.4) is 0 Å². The van der Waals surface area contributed by atoms with Gasteiger partial charge in [0.05, 0.1) is 17.3 Å². The molecule has 2 fully saturated rings. The van der Waals surface area contributed by atoms with Gasteiger partial charge in [-0.25, -0.2) is 0 Å². The van der Waals surface area contributed by atoms with Crippen molar-refractivity contribution in [2.75, 3.05) is 56.2 Å². The first-order valence-electron chi connectivity index (χ1n) is 14.3. The lowest BCUT2D eigenvalue weighted by atomic mass is 9.94. The van der Waals surface area contributed by atoms with Crippen LogP contribution in [0.2, 0.25) is 5.02 Å². The number of halogens is 1. The number of fused-ring (bicyclic) bond motifs is 2. The van der Waals surface area contributed by atoms with E-state index < -0.39 is 0 Å². The van der Waals surface area contributed by atoms with Gasteiger partial charge in [0.15, 0.2) is 6.19 Å². The van der Waals surface area contributed by atoms with Crippen LogP contribution in [0.1, 0.15) is 38.4 Å². The Morgan fingerprint density at radius 2 is 1.90 bits per heavy atom. The number of aromatic nitrogens is 2. The van der Waals surface area contributed by atoms with Crippen LogP contribution in [0, 0.1) is 17.4 Å². The second kappa shape index (κ2) is 10.6. The zero-order valence-electron chi connectivity index (χ0n) is 23.9. The molecule has 3 aliphatic heterocycles. The molecule has 3 aliphatic rings. The largest absolute Gasteiger partial charge is 0.462 e. The Labute approximate surface area is 242 Å². The van der Waals surface area contributed by atoms with Crippen molar-refractivity contribution >= 4 is 33.9 Å². The molecule has 1 aromatic heterocycles. The minimum Gasteiger partial charge on any atom is -0.462 e. The standard InChI is InChI=1S/C31H38ClN7O/c1-31(2,3)39-14-11-23(39)19-40-30-34-26-18-38(27-10-6-8-22-7-5-9-25(32)28(22)27)13-12-24(26)29(35-30)36(4)15-21-16-37(17-21)20-33/h5-10,21,23H,11-19H2,1-4H3.